The number of nitrogens with one attached hydrogen (secondary N) is 2. The van der Waals surface area contributed by atoms with Crippen molar-refractivity contribution in [1.82, 2.24) is 4.98 Å². The fourth-order valence-electron chi connectivity index (χ4n) is 1.19. The third-order valence-electron chi connectivity index (χ3n) is 1.86. The van der Waals surface area contributed by atoms with Crippen molar-refractivity contribution in [2.45, 2.75) is 6.92 Å². The molecule has 1 aromatic heterocycles. The molecule has 1 aliphatic heterocycles. The van der Waals surface area contributed by atoms with Gasteiger partial charge in [0.1, 0.15) is 0 Å². The zero-order valence-electron chi connectivity index (χ0n) is 7.16. The number of carbonyl (C=O) groups is 1. The lowest BCUT2D eigenvalue weighted by atomic mass is 10.2. The van der Waals surface area contributed by atoms with E-state index in [1.54, 1.807) is 12.4 Å². The lowest BCUT2D eigenvalue weighted by Crippen LogP contribution is -2.08. The summed E-state index contributed by atoms with van der Waals surface area (Å²) in [7, 11) is 0. The molecule has 0 bridgehead atoms. The van der Waals surface area contributed by atoms with Crippen molar-refractivity contribution in [3.63, 3.8) is 0 Å². The van der Waals surface area contributed by atoms with Crippen LogP contribution >= 0.6 is 0 Å². The summed E-state index contributed by atoms with van der Waals surface area (Å²) in [5.74, 6) is 0.546. The molecule has 4 nitrogen and oxygen atoms in total. The molecule has 0 saturated carbocycles. The fourth-order valence-corrected chi connectivity index (χ4v) is 1.19. The summed E-state index contributed by atoms with van der Waals surface area (Å²) in [6.45, 7) is 1.92. The second kappa shape index (κ2) is 2.90. The van der Waals surface area contributed by atoms with E-state index >= 15 is 0 Å². The maximum atomic E-state index is 11.1. The Morgan fingerprint density at radius 1 is 1.46 bits per heavy atom. The Balaban J connectivity index is 2.52. The Labute approximate surface area is 75.7 Å². The maximum Gasteiger partial charge on any atom is 0.249 e. The molecule has 0 fully saturated rings. The van der Waals surface area contributed by atoms with E-state index in [1.165, 1.54) is 6.08 Å². The van der Waals surface area contributed by atoms with E-state index in [4.69, 9.17) is 0 Å². The minimum absolute atomic E-state index is 0.137. The van der Waals surface area contributed by atoms with Crippen LogP contribution in [0.25, 0.3) is 0 Å². The lowest BCUT2D eigenvalue weighted by molar-refractivity contribution is -0.111. The van der Waals surface area contributed by atoms with Crippen LogP contribution in [-0.2, 0) is 4.79 Å². The van der Waals surface area contributed by atoms with Gasteiger partial charge in [0, 0.05) is 18.5 Å². The molecule has 4 heteroatoms. The van der Waals surface area contributed by atoms with Crippen molar-refractivity contribution in [3.05, 3.63) is 30.1 Å². The highest BCUT2D eigenvalue weighted by Crippen LogP contribution is 2.24. The van der Waals surface area contributed by atoms with Crippen LogP contribution in [0.4, 0.5) is 11.5 Å². The highest BCUT2D eigenvalue weighted by Gasteiger charge is 2.10. The number of fused-ring (bicyclic) bond motifs is 1. The predicted octanol–water partition coefficient (Wildman–Crippen LogP) is 1.27. The molecule has 0 unspecified atom stereocenters. The van der Waals surface area contributed by atoms with Gasteiger partial charge in [-0.25, -0.2) is 4.98 Å². The molecule has 0 aliphatic carbocycles. The lowest BCUT2D eigenvalue weighted by Gasteiger charge is -2.08. The summed E-state index contributed by atoms with van der Waals surface area (Å²) in [4.78, 5) is 15.2. The molecule has 0 aromatic carbocycles. The van der Waals surface area contributed by atoms with Gasteiger partial charge < -0.3 is 10.6 Å². The topological polar surface area (TPSA) is 54.0 Å². The van der Waals surface area contributed by atoms with Crippen molar-refractivity contribution in [3.8, 4) is 0 Å². The van der Waals surface area contributed by atoms with Crippen LogP contribution in [0.5, 0.6) is 0 Å². The van der Waals surface area contributed by atoms with Crippen molar-refractivity contribution in [2.75, 3.05) is 10.6 Å². The number of aromatic nitrogens is 1. The Hall–Kier alpha value is -1.84. The Morgan fingerprint density at radius 2 is 2.31 bits per heavy atom. The second-order valence-corrected chi connectivity index (χ2v) is 2.82. The van der Waals surface area contributed by atoms with E-state index < -0.39 is 0 Å². The van der Waals surface area contributed by atoms with Crippen LogP contribution in [0.3, 0.4) is 0 Å². The zero-order chi connectivity index (χ0) is 9.26. The number of carbonyl (C=O) groups excluding carboxylic acids is 1. The summed E-state index contributed by atoms with van der Waals surface area (Å²) in [5, 5.41) is 5.66. The number of hydrogen-bond donors (Lipinski definition) is 2. The van der Waals surface area contributed by atoms with Crippen LogP contribution in [0.15, 0.2) is 24.5 Å². The van der Waals surface area contributed by atoms with Gasteiger partial charge in [0.15, 0.2) is 5.82 Å². The molecule has 1 amide bonds. The molecule has 1 aromatic rings. The molecule has 0 saturated heterocycles. The Morgan fingerprint density at radius 3 is 3.15 bits per heavy atom. The van der Waals surface area contributed by atoms with Gasteiger partial charge in [-0.15, -0.1) is 0 Å². The smallest absolute Gasteiger partial charge is 0.249 e. The maximum absolute atomic E-state index is 11.1. The number of pyridine rings is 1. The van der Waals surface area contributed by atoms with Crippen molar-refractivity contribution < 1.29 is 4.79 Å². The molecule has 0 radical (unpaired) electrons. The van der Waals surface area contributed by atoms with Crippen LogP contribution in [0.2, 0.25) is 0 Å². The second-order valence-electron chi connectivity index (χ2n) is 2.82. The Bertz CT molecular complexity index is 384. The van der Waals surface area contributed by atoms with E-state index in [0.29, 0.717) is 5.82 Å². The first-order valence-corrected chi connectivity index (χ1v) is 3.97. The van der Waals surface area contributed by atoms with E-state index in [0.717, 1.165) is 11.3 Å². The largest absolute Gasteiger partial charge is 0.345 e. The molecular weight excluding hydrogens is 166 g/mol. The molecular formula is C9H9N3O. The van der Waals surface area contributed by atoms with Crippen LogP contribution in [0.1, 0.15) is 5.56 Å². The highest BCUT2D eigenvalue weighted by atomic mass is 16.1. The average Bonchev–Trinajstić information content (AvgIpc) is 2.28. The number of nitrogens with zero attached hydrogens (tertiary/aromatic N) is 1. The standard InChI is InChI=1S/C9H9N3O/c1-6-2-4-10-9-8(6)12-7(13)3-5-11-9/h2-5H,1H3,(H,10,11)(H,12,13). The monoisotopic (exact) mass is 175 g/mol. The van der Waals surface area contributed by atoms with Gasteiger partial charge in [-0.1, -0.05) is 0 Å². The van der Waals surface area contributed by atoms with Crippen LogP contribution < -0.4 is 10.6 Å². The molecule has 2 heterocycles. The number of hydrogen-bond acceptors (Lipinski definition) is 3. The Kier molecular flexibility index (Phi) is 1.73. The first kappa shape index (κ1) is 7.79. The predicted molar refractivity (Wildman–Crippen MR) is 50.4 cm³/mol. The normalized spacial score (nSPS) is 14.1. The summed E-state index contributed by atoms with van der Waals surface area (Å²) in [6, 6.07) is 1.85. The summed E-state index contributed by atoms with van der Waals surface area (Å²) in [6.07, 6.45) is 4.71. The van der Waals surface area contributed by atoms with Gasteiger partial charge >= 0.3 is 0 Å². The molecule has 2 rings (SSSR count). The van der Waals surface area contributed by atoms with Crippen molar-refractivity contribution >= 4 is 17.4 Å². The van der Waals surface area contributed by atoms with E-state index in [1.807, 2.05) is 13.0 Å². The number of amides is 1. The van der Waals surface area contributed by atoms with Crippen LogP contribution in [0, 0.1) is 6.92 Å². The molecule has 13 heavy (non-hydrogen) atoms. The first-order valence-electron chi connectivity index (χ1n) is 3.97. The van der Waals surface area contributed by atoms with E-state index in [-0.39, 0.29) is 5.91 Å². The third-order valence-corrected chi connectivity index (χ3v) is 1.86. The van der Waals surface area contributed by atoms with Gasteiger partial charge in [-0.3, -0.25) is 4.79 Å². The van der Waals surface area contributed by atoms with Gasteiger partial charge in [-0.05, 0) is 18.6 Å². The van der Waals surface area contributed by atoms with Gasteiger partial charge in [0.25, 0.3) is 0 Å². The molecule has 66 valence electrons. The minimum atomic E-state index is -0.137. The summed E-state index contributed by atoms with van der Waals surface area (Å²) < 4.78 is 0. The third kappa shape index (κ3) is 1.38. The number of anilines is 2. The fraction of sp³-hybridized carbons (Fsp3) is 0.111. The molecule has 1 aliphatic rings. The summed E-state index contributed by atoms with van der Waals surface area (Å²) >= 11 is 0. The van der Waals surface area contributed by atoms with E-state index in [9.17, 15) is 4.79 Å². The zero-order valence-corrected chi connectivity index (χ0v) is 7.16. The van der Waals surface area contributed by atoms with Gasteiger partial charge in [0.2, 0.25) is 5.91 Å². The number of aryl methyl sites for hydroxylation is 1. The first-order chi connectivity index (χ1) is 6.27. The quantitative estimate of drug-likeness (QED) is 0.624. The molecule has 0 atom stereocenters. The van der Waals surface area contributed by atoms with Crippen LogP contribution in [-0.4, -0.2) is 10.9 Å². The highest BCUT2D eigenvalue weighted by molar-refractivity contribution is 6.03. The van der Waals surface area contributed by atoms with Gasteiger partial charge in [-0.2, -0.15) is 0 Å². The van der Waals surface area contributed by atoms with E-state index in [2.05, 4.69) is 15.6 Å². The average molecular weight is 175 g/mol. The van der Waals surface area contributed by atoms with Gasteiger partial charge in [0.05, 0.1) is 5.69 Å². The van der Waals surface area contributed by atoms with Crippen molar-refractivity contribution in [1.29, 1.82) is 0 Å². The van der Waals surface area contributed by atoms with Crippen molar-refractivity contribution in [2.24, 2.45) is 0 Å². The number of rotatable bonds is 0. The minimum Gasteiger partial charge on any atom is -0.345 e. The molecule has 0 spiro atoms. The summed E-state index contributed by atoms with van der Waals surface area (Å²) in [5.41, 5.74) is 1.74. The SMILES string of the molecule is Cc1ccnc2c1NC(=O)C=CN2. The molecule has 2 N–H and O–H groups in total.